The zero-order valence-electron chi connectivity index (χ0n) is 14.7. The van der Waals surface area contributed by atoms with Crippen molar-refractivity contribution in [3.8, 4) is 11.3 Å². The minimum atomic E-state index is -0.213. The summed E-state index contributed by atoms with van der Waals surface area (Å²) in [6.45, 7) is 4.58. The highest BCUT2D eigenvalue weighted by molar-refractivity contribution is 5.82. The van der Waals surface area contributed by atoms with E-state index < -0.39 is 0 Å². The zero-order chi connectivity index (χ0) is 17.7. The maximum atomic E-state index is 11.9. The van der Waals surface area contributed by atoms with Crippen molar-refractivity contribution in [3.05, 3.63) is 48.3 Å². The van der Waals surface area contributed by atoms with E-state index in [0.29, 0.717) is 19.7 Å². The fourth-order valence-electron chi connectivity index (χ4n) is 4.16. The van der Waals surface area contributed by atoms with Crippen molar-refractivity contribution >= 4 is 17.0 Å². The average Bonchev–Trinajstić information content (AvgIpc) is 3.19. The summed E-state index contributed by atoms with van der Waals surface area (Å²) in [6, 6.07) is 12.4. The lowest BCUT2D eigenvalue weighted by Crippen LogP contribution is -2.60. The highest BCUT2D eigenvalue weighted by Gasteiger charge is 2.51. The lowest BCUT2D eigenvalue weighted by atomic mass is 9.76. The third kappa shape index (κ3) is 2.21. The predicted octanol–water partition coefficient (Wildman–Crippen LogP) is 3.21. The number of aromatic nitrogens is 3. The number of carbonyl (C=O) groups excluding carboxylic acids is 1. The van der Waals surface area contributed by atoms with Gasteiger partial charge in [-0.05, 0) is 31.5 Å². The molecule has 0 saturated carbocycles. The molecule has 0 unspecified atom stereocenters. The Labute approximate surface area is 151 Å². The minimum Gasteiger partial charge on any atom is -0.450 e. The molecule has 1 saturated heterocycles. The second-order valence-corrected chi connectivity index (χ2v) is 7.14. The van der Waals surface area contributed by atoms with E-state index in [1.165, 1.54) is 5.69 Å². The lowest BCUT2D eigenvalue weighted by molar-refractivity contribution is 0.0399. The van der Waals surface area contributed by atoms with Crippen LogP contribution >= 0.6 is 0 Å². The highest BCUT2D eigenvalue weighted by atomic mass is 16.6. The Kier molecular flexibility index (Phi) is 3.29. The lowest BCUT2D eigenvalue weighted by Gasteiger charge is -2.46. The van der Waals surface area contributed by atoms with Crippen LogP contribution in [0.1, 0.15) is 19.0 Å². The number of rotatable bonds is 2. The molecular formula is C20H20N4O2. The molecule has 1 spiro atoms. The number of para-hydroxylation sites is 1. The van der Waals surface area contributed by atoms with Gasteiger partial charge >= 0.3 is 6.09 Å². The number of aryl methyl sites for hydroxylation is 1. The molecule has 1 amide bonds. The first-order valence-corrected chi connectivity index (χ1v) is 9.04. The highest BCUT2D eigenvalue weighted by Crippen LogP contribution is 2.44. The van der Waals surface area contributed by atoms with Gasteiger partial charge in [-0.15, -0.1) is 0 Å². The molecule has 0 radical (unpaired) electrons. The monoisotopic (exact) mass is 348 g/mol. The number of amides is 1. The van der Waals surface area contributed by atoms with Gasteiger partial charge < -0.3 is 9.64 Å². The van der Waals surface area contributed by atoms with E-state index in [9.17, 15) is 4.79 Å². The van der Waals surface area contributed by atoms with Gasteiger partial charge in [0.05, 0.1) is 17.8 Å². The average molecular weight is 348 g/mol. The number of likely N-dealkylation sites (tertiary alicyclic amines) is 1. The third-order valence-electron chi connectivity index (χ3n) is 5.52. The Morgan fingerprint density at radius 3 is 2.96 bits per heavy atom. The molecule has 6 nitrogen and oxygen atoms in total. The van der Waals surface area contributed by atoms with Gasteiger partial charge in [0.15, 0.2) is 0 Å². The van der Waals surface area contributed by atoms with Gasteiger partial charge in [0, 0.05) is 47.9 Å². The van der Waals surface area contributed by atoms with Crippen molar-refractivity contribution in [2.45, 2.75) is 25.3 Å². The van der Waals surface area contributed by atoms with E-state index in [2.05, 4.69) is 27.9 Å². The molecule has 0 aliphatic carbocycles. The van der Waals surface area contributed by atoms with Gasteiger partial charge in [-0.2, -0.15) is 5.10 Å². The summed E-state index contributed by atoms with van der Waals surface area (Å²) in [7, 11) is 0. The Morgan fingerprint density at radius 2 is 2.12 bits per heavy atom. The van der Waals surface area contributed by atoms with Crippen molar-refractivity contribution in [3.63, 3.8) is 0 Å². The van der Waals surface area contributed by atoms with E-state index in [1.54, 1.807) is 4.90 Å². The fourth-order valence-corrected chi connectivity index (χ4v) is 4.16. The summed E-state index contributed by atoms with van der Waals surface area (Å²) in [4.78, 5) is 18.2. The molecule has 0 N–H and O–H groups in total. The first-order chi connectivity index (χ1) is 12.7. The summed E-state index contributed by atoms with van der Waals surface area (Å²) in [6.07, 6.45) is 2.70. The minimum absolute atomic E-state index is 0.0300. The van der Waals surface area contributed by atoms with Gasteiger partial charge in [0.1, 0.15) is 0 Å². The number of pyridine rings is 1. The van der Waals surface area contributed by atoms with Gasteiger partial charge in [-0.25, -0.2) is 4.79 Å². The topological polar surface area (TPSA) is 60.2 Å². The molecule has 3 aromatic rings. The van der Waals surface area contributed by atoms with E-state index in [0.717, 1.165) is 35.1 Å². The van der Waals surface area contributed by atoms with Crippen molar-refractivity contribution in [2.75, 3.05) is 19.7 Å². The molecule has 2 aliphatic rings. The van der Waals surface area contributed by atoms with Crippen molar-refractivity contribution in [1.29, 1.82) is 0 Å². The van der Waals surface area contributed by atoms with Crippen molar-refractivity contribution < 1.29 is 9.53 Å². The van der Waals surface area contributed by atoms with Gasteiger partial charge in [0.2, 0.25) is 0 Å². The Hall–Kier alpha value is -2.89. The number of nitrogens with zero attached hydrogens (tertiary/aromatic N) is 4. The van der Waals surface area contributed by atoms with Crippen LogP contribution in [0.3, 0.4) is 0 Å². The van der Waals surface area contributed by atoms with E-state index in [-0.39, 0.29) is 11.5 Å². The summed E-state index contributed by atoms with van der Waals surface area (Å²) in [5.74, 6) is 0. The molecule has 1 aromatic carbocycles. The zero-order valence-corrected chi connectivity index (χ0v) is 14.7. The van der Waals surface area contributed by atoms with Gasteiger partial charge in [-0.1, -0.05) is 18.2 Å². The smallest absolute Gasteiger partial charge is 0.409 e. The Morgan fingerprint density at radius 1 is 1.27 bits per heavy atom. The first kappa shape index (κ1) is 15.4. The number of hydrogen-bond donors (Lipinski definition) is 0. The molecular weight excluding hydrogens is 328 g/mol. The summed E-state index contributed by atoms with van der Waals surface area (Å²) in [5.41, 5.74) is 4.22. The molecule has 0 atom stereocenters. The molecule has 6 heteroatoms. The normalized spacial score (nSPS) is 17.3. The number of fused-ring (bicyclic) bond motifs is 3. The molecule has 0 bridgehead atoms. The summed E-state index contributed by atoms with van der Waals surface area (Å²) < 4.78 is 7.20. The second kappa shape index (κ2) is 5.56. The standard InChI is InChI=1S/C20H20N4O2/c1-2-26-19(25)23-12-20(13-23)7-8-24-18(20)10-17(22-24)15-9-14-5-3-4-6-16(14)21-11-15/h3-6,9-11H,2,7-8,12-13H2,1H3. The van der Waals surface area contributed by atoms with Crippen LogP contribution in [0.15, 0.2) is 42.6 Å². The number of benzene rings is 1. The molecule has 2 aliphatic heterocycles. The number of ether oxygens (including phenoxy) is 1. The van der Waals surface area contributed by atoms with Crippen LogP contribution in [0.4, 0.5) is 4.79 Å². The summed E-state index contributed by atoms with van der Waals surface area (Å²) in [5, 5.41) is 5.91. The molecule has 1 fully saturated rings. The fraction of sp³-hybridized carbons (Fsp3) is 0.350. The predicted molar refractivity (Wildman–Crippen MR) is 97.9 cm³/mol. The maximum Gasteiger partial charge on any atom is 0.409 e. The van der Waals surface area contributed by atoms with Crippen molar-refractivity contribution in [2.24, 2.45) is 0 Å². The Balaban J connectivity index is 1.44. The van der Waals surface area contributed by atoms with Crippen LogP contribution < -0.4 is 0 Å². The molecule has 132 valence electrons. The van der Waals surface area contributed by atoms with Gasteiger partial charge in [0.25, 0.3) is 0 Å². The number of carbonyl (C=O) groups is 1. The third-order valence-corrected chi connectivity index (χ3v) is 5.52. The molecule has 26 heavy (non-hydrogen) atoms. The maximum absolute atomic E-state index is 11.9. The summed E-state index contributed by atoms with van der Waals surface area (Å²) >= 11 is 0. The van der Waals surface area contributed by atoms with Crippen LogP contribution in [0.5, 0.6) is 0 Å². The largest absolute Gasteiger partial charge is 0.450 e. The van der Waals surface area contributed by atoms with E-state index in [4.69, 9.17) is 9.84 Å². The number of hydrogen-bond acceptors (Lipinski definition) is 4. The van der Waals surface area contributed by atoms with Crippen LogP contribution in [0, 0.1) is 0 Å². The Bertz CT molecular complexity index is 1000. The molecule has 5 rings (SSSR count). The molecule has 2 aromatic heterocycles. The van der Waals surface area contributed by atoms with Crippen LogP contribution in [-0.2, 0) is 16.7 Å². The van der Waals surface area contributed by atoms with Crippen LogP contribution in [-0.4, -0.2) is 45.5 Å². The van der Waals surface area contributed by atoms with Crippen LogP contribution in [0.2, 0.25) is 0 Å². The second-order valence-electron chi connectivity index (χ2n) is 7.14. The molecule has 4 heterocycles. The van der Waals surface area contributed by atoms with Crippen LogP contribution in [0.25, 0.3) is 22.2 Å². The SMILES string of the molecule is CCOC(=O)N1CC2(CCn3nc(-c4cnc5ccccc5c4)cc32)C1. The first-order valence-electron chi connectivity index (χ1n) is 9.04. The quantitative estimate of drug-likeness (QED) is 0.713. The van der Waals surface area contributed by atoms with Crippen molar-refractivity contribution in [1.82, 2.24) is 19.7 Å². The van der Waals surface area contributed by atoms with E-state index in [1.807, 2.05) is 31.3 Å². The van der Waals surface area contributed by atoms with Gasteiger partial charge in [-0.3, -0.25) is 9.67 Å². The van der Waals surface area contributed by atoms with E-state index >= 15 is 0 Å².